The molecule has 2 aromatic heterocycles. The van der Waals surface area contributed by atoms with E-state index in [1.54, 1.807) is 24.3 Å². The molecule has 0 bridgehead atoms. The summed E-state index contributed by atoms with van der Waals surface area (Å²) in [6, 6.07) is 18.7. The van der Waals surface area contributed by atoms with Gasteiger partial charge in [-0.2, -0.15) is 0 Å². The van der Waals surface area contributed by atoms with E-state index in [4.69, 9.17) is 16.6 Å². The predicted octanol–water partition coefficient (Wildman–Crippen LogP) is 4.80. The van der Waals surface area contributed by atoms with Crippen LogP contribution in [0.15, 0.2) is 66.9 Å². The van der Waals surface area contributed by atoms with E-state index in [9.17, 15) is 9.90 Å². The van der Waals surface area contributed by atoms with E-state index in [0.29, 0.717) is 22.9 Å². The number of hydrogen-bond donors (Lipinski definition) is 2. The van der Waals surface area contributed by atoms with Crippen molar-refractivity contribution in [2.24, 2.45) is 0 Å². The minimum atomic E-state index is -0.254. The van der Waals surface area contributed by atoms with Crippen LogP contribution in [0.25, 0.3) is 11.0 Å². The number of halogens is 1. The van der Waals surface area contributed by atoms with Crippen molar-refractivity contribution in [2.75, 3.05) is 11.9 Å². The zero-order chi connectivity index (χ0) is 22.1. The van der Waals surface area contributed by atoms with E-state index in [1.807, 2.05) is 42.6 Å². The van der Waals surface area contributed by atoms with Gasteiger partial charge in [-0.25, -0.2) is 9.97 Å². The maximum absolute atomic E-state index is 12.5. The number of benzene rings is 2. The van der Waals surface area contributed by atoms with Crippen LogP contribution in [0.5, 0.6) is 0 Å². The van der Waals surface area contributed by atoms with Crippen LogP contribution in [0.3, 0.4) is 0 Å². The number of aliphatic hydroxyl groups excluding tert-OH is 1. The van der Waals surface area contributed by atoms with Gasteiger partial charge >= 0.3 is 0 Å². The lowest BCUT2D eigenvalue weighted by molar-refractivity contribution is 0.102. The molecule has 2 heterocycles. The molecule has 6 nitrogen and oxygen atoms in total. The van der Waals surface area contributed by atoms with Gasteiger partial charge in [0.15, 0.2) is 0 Å². The minimum Gasteiger partial charge on any atom is -0.395 e. The molecule has 2 aromatic carbocycles. The topological polar surface area (TPSA) is 80.0 Å². The van der Waals surface area contributed by atoms with Crippen LogP contribution in [0, 0.1) is 0 Å². The Morgan fingerprint density at radius 2 is 1.97 bits per heavy atom. The number of amides is 1. The Bertz CT molecular complexity index is 1280. The molecule has 1 fully saturated rings. The van der Waals surface area contributed by atoms with Gasteiger partial charge in [-0.3, -0.25) is 4.79 Å². The summed E-state index contributed by atoms with van der Waals surface area (Å²) in [5, 5.41) is 13.0. The SMILES string of the molecule is O=C(Nc1ccc(C2(c3nc4ccccc4n3CCO)CCC2)cn1)c1cccc(Cl)c1. The van der Waals surface area contributed by atoms with E-state index < -0.39 is 0 Å². The summed E-state index contributed by atoms with van der Waals surface area (Å²) in [7, 11) is 0. The average Bonchev–Trinajstić information content (AvgIpc) is 3.13. The molecule has 1 saturated carbocycles. The highest BCUT2D eigenvalue weighted by Crippen LogP contribution is 2.49. The van der Waals surface area contributed by atoms with Gasteiger partial charge in [0.05, 0.1) is 23.1 Å². The lowest BCUT2D eigenvalue weighted by Crippen LogP contribution is -2.38. The largest absolute Gasteiger partial charge is 0.395 e. The second-order valence-electron chi connectivity index (χ2n) is 8.13. The summed E-state index contributed by atoms with van der Waals surface area (Å²) >= 11 is 5.99. The fraction of sp³-hybridized carbons (Fsp3) is 0.240. The van der Waals surface area contributed by atoms with Crippen molar-refractivity contribution in [3.05, 3.63) is 88.8 Å². The molecule has 0 saturated heterocycles. The average molecular weight is 447 g/mol. The molecule has 0 unspecified atom stereocenters. The summed E-state index contributed by atoms with van der Waals surface area (Å²) in [6.07, 6.45) is 4.88. The number of fused-ring (bicyclic) bond motifs is 1. The number of rotatable bonds is 6. The first kappa shape index (κ1) is 20.7. The number of nitrogens with one attached hydrogen (secondary N) is 1. The van der Waals surface area contributed by atoms with Gasteiger partial charge in [-0.1, -0.05) is 42.3 Å². The summed E-state index contributed by atoms with van der Waals surface area (Å²) in [6.45, 7) is 0.551. The Labute approximate surface area is 190 Å². The van der Waals surface area contributed by atoms with Gasteiger partial charge in [0.2, 0.25) is 0 Å². The van der Waals surface area contributed by atoms with Crippen molar-refractivity contribution >= 4 is 34.4 Å². The van der Waals surface area contributed by atoms with Crippen LogP contribution in [0.2, 0.25) is 5.02 Å². The Morgan fingerprint density at radius 3 is 2.66 bits per heavy atom. The number of carbonyl (C=O) groups is 1. The Balaban J connectivity index is 1.46. The molecule has 0 radical (unpaired) electrons. The highest BCUT2D eigenvalue weighted by atomic mass is 35.5. The molecule has 0 spiro atoms. The predicted molar refractivity (Wildman–Crippen MR) is 125 cm³/mol. The normalized spacial score (nSPS) is 14.8. The standard InChI is InChI=1S/C25H23ClN4O2/c26-19-6-3-5-17(15-19)23(32)29-22-10-9-18(16-27-22)25(11-4-12-25)24-28-20-7-1-2-8-21(20)30(24)13-14-31/h1-3,5-10,15-16,31H,4,11-14H2,(H,27,29,32). The van der Waals surface area contributed by atoms with Gasteiger partial charge in [0.1, 0.15) is 11.6 Å². The Kier molecular flexibility index (Phi) is 5.41. The third-order valence-electron chi connectivity index (χ3n) is 6.26. The van der Waals surface area contributed by atoms with Crippen LogP contribution in [-0.2, 0) is 12.0 Å². The minimum absolute atomic E-state index is 0.0517. The van der Waals surface area contributed by atoms with E-state index in [-0.39, 0.29) is 17.9 Å². The van der Waals surface area contributed by atoms with Crippen molar-refractivity contribution in [3.63, 3.8) is 0 Å². The first-order chi connectivity index (χ1) is 15.6. The van der Waals surface area contributed by atoms with Gasteiger partial charge < -0.3 is 15.0 Å². The van der Waals surface area contributed by atoms with Gasteiger partial charge in [0, 0.05) is 23.3 Å². The molecular formula is C25H23ClN4O2. The van der Waals surface area contributed by atoms with Crippen molar-refractivity contribution in [1.29, 1.82) is 0 Å². The number of aromatic nitrogens is 3. The number of anilines is 1. The molecule has 162 valence electrons. The lowest BCUT2D eigenvalue weighted by atomic mass is 9.64. The highest BCUT2D eigenvalue weighted by molar-refractivity contribution is 6.31. The third-order valence-corrected chi connectivity index (χ3v) is 6.49. The number of pyridine rings is 1. The molecule has 1 aliphatic rings. The van der Waals surface area contributed by atoms with Crippen molar-refractivity contribution < 1.29 is 9.90 Å². The number of nitrogens with zero attached hydrogens (tertiary/aromatic N) is 3. The molecule has 7 heteroatoms. The Morgan fingerprint density at radius 1 is 1.12 bits per heavy atom. The molecule has 0 aliphatic heterocycles. The number of carbonyl (C=O) groups excluding carboxylic acids is 1. The van der Waals surface area contributed by atoms with Crippen molar-refractivity contribution in [2.45, 2.75) is 31.2 Å². The highest BCUT2D eigenvalue weighted by Gasteiger charge is 2.44. The molecule has 5 rings (SSSR count). The number of para-hydroxylation sites is 2. The zero-order valence-corrected chi connectivity index (χ0v) is 18.2. The monoisotopic (exact) mass is 446 g/mol. The summed E-state index contributed by atoms with van der Waals surface area (Å²) in [5.41, 5.74) is 3.27. The fourth-order valence-corrected chi connectivity index (χ4v) is 4.70. The van der Waals surface area contributed by atoms with Crippen molar-refractivity contribution in [3.8, 4) is 0 Å². The van der Waals surface area contributed by atoms with Crippen LogP contribution >= 0.6 is 11.6 Å². The molecule has 4 aromatic rings. The van der Waals surface area contributed by atoms with Crippen molar-refractivity contribution in [1.82, 2.24) is 14.5 Å². The third kappa shape index (κ3) is 3.55. The fourth-order valence-electron chi connectivity index (χ4n) is 4.51. The van der Waals surface area contributed by atoms with Crippen LogP contribution in [0.1, 0.15) is 41.0 Å². The van der Waals surface area contributed by atoms with Gasteiger partial charge in [0.25, 0.3) is 5.91 Å². The van der Waals surface area contributed by atoms with Crippen LogP contribution in [-0.4, -0.2) is 32.2 Å². The molecule has 0 atom stereocenters. The van der Waals surface area contributed by atoms with Crippen LogP contribution < -0.4 is 5.32 Å². The maximum atomic E-state index is 12.5. The van der Waals surface area contributed by atoms with E-state index in [1.165, 1.54) is 0 Å². The Hall–Kier alpha value is -3.22. The van der Waals surface area contributed by atoms with E-state index >= 15 is 0 Å². The van der Waals surface area contributed by atoms with Gasteiger partial charge in [-0.05, 0) is 54.8 Å². The number of aliphatic hydroxyl groups is 1. The lowest BCUT2D eigenvalue weighted by Gasteiger charge is -2.41. The molecule has 32 heavy (non-hydrogen) atoms. The molecular weight excluding hydrogens is 424 g/mol. The summed E-state index contributed by atoms with van der Waals surface area (Å²) < 4.78 is 2.13. The van der Waals surface area contributed by atoms with Gasteiger partial charge in [-0.15, -0.1) is 0 Å². The number of imidazole rings is 1. The van der Waals surface area contributed by atoms with E-state index in [0.717, 1.165) is 41.7 Å². The summed E-state index contributed by atoms with van der Waals surface area (Å²) in [5.74, 6) is 1.20. The second-order valence-corrected chi connectivity index (χ2v) is 8.57. The smallest absolute Gasteiger partial charge is 0.256 e. The molecule has 2 N–H and O–H groups in total. The summed E-state index contributed by atoms with van der Waals surface area (Å²) in [4.78, 5) is 22.0. The maximum Gasteiger partial charge on any atom is 0.256 e. The first-order valence-corrected chi connectivity index (χ1v) is 11.1. The van der Waals surface area contributed by atoms with Crippen LogP contribution in [0.4, 0.5) is 5.82 Å². The quantitative estimate of drug-likeness (QED) is 0.446. The number of hydrogen-bond acceptors (Lipinski definition) is 4. The molecule has 1 amide bonds. The van der Waals surface area contributed by atoms with E-state index in [2.05, 4.69) is 14.9 Å². The first-order valence-electron chi connectivity index (χ1n) is 10.7. The molecule has 1 aliphatic carbocycles. The zero-order valence-electron chi connectivity index (χ0n) is 17.5. The second kappa shape index (κ2) is 8.37.